The first kappa shape index (κ1) is 10.0. The minimum absolute atomic E-state index is 0.803. The highest BCUT2D eigenvalue weighted by Crippen LogP contribution is 2.27. The Hall–Kier alpha value is -0.0400. The van der Waals surface area contributed by atoms with E-state index in [1.807, 2.05) is 0 Å². The Bertz CT molecular complexity index is 120. The summed E-state index contributed by atoms with van der Waals surface area (Å²) in [6.45, 7) is 8.25. The van der Waals surface area contributed by atoms with Crippen molar-refractivity contribution in [3.8, 4) is 0 Å². The van der Waals surface area contributed by atoms with Gasteiger partial charge in [0, 0.05) is 6.04 Å². The minimum Gasteiger partial charge on any atom is -0.314 e. The van der Waals surface area contributed by atoms with Gasteiger partial charge in [-0.05, 0) is 37.6 Å². The number of nitrogens with one attached hydrogen (secondary N) is 1. The molecule has 1 heterocycles. The molecule has 1 fully saturated rings. The fraction of sp³-hybridized carbons (Fsp3) is 1.00. The molecule has 0 amide bonds. The zero-order chi connectivity index (χ0) is 8.97. The van der Waals surface area contributed by atoms with Crippen LogP contribution in [-0.4, -0.2) is 12.6 Å². The molecule has 1 aliphatic heterocycles. The molecule has 1 N–H and O–H groups in total. The third-order valence-corrected chi connectivity index (χ3v) is 3.48. The normalized spacial score (nSPS) is 33.2. The van der Waals surface area contributed by atoms with E-state index in [9.17, 15) is 0 Å². The fourth-order valence-electron chi connectivity index (χ4n) is 2.20. The smallest absolute Gasteiger partial charge is 0.00671 e. The molecule has 0 aromatic rings. The highest BCUT2D eigenvalue weighted by Gasteiger charge is 2.23. The molecule has 0 bridgehead atoms. The molecular weight excluding hydrogens is 146 g/mol. The van der Waals surface area contributed by atoms with Crippen LogP contribution in [0.3, 0.4) is 0 Å². The summed E-state index contributed by atoms with van der Waals surface area (Å²) >= 11 is 0. The average Bonchev–Trinajstić information content (AvgIpc) is 2.17. The monoisotopic (exact) mass is 169 g/mol. The Morgan fingerprint density at radius 3 is 2.75 bits per heavy atom. The molecule has 72 valence electrons. The van der Waals surface area contributed by atoms with Crippen LogP contribution in [0.2, 0.25) is 0 Å². The van der Waals surface area contributed by atoms with Crippen molar-refractivity contribution in [3.63, 3.8) is 0 Å². The third kappa shape index (κ3) is 2.48. The van der Waals surface area contributed by atoms with Gasteiger partial charge >= 0.3 is 0 Å². The van der Waals surface area contributed by atoms with Crippen LogP contribution in [0.1, 0.15) is 46.5 Å². The second-order valence-electron chi connectivity index (χ2n) is 4.23. The summed E-state index contributed by atoms with van der Waals surface area (Å²) in [4.78, 5) is 0. The molecule has 1 saturated heterocycles. The first-order valence-corrected chi connectivity index (χ1v) is 5.51. The van der Waals surface area contributed by atoms with Crippen molar-refractivity contribution in [2.24, 2.45) is 11.8 Å². The van der Waals surface area contributed by atoms with Gasteiger partial charge in [-0.3, -0.25) is 0 Å². The number of hydrogen-bond donors (Lipinski definition) is 1. The van der Waals surface area contributed by atoms with Crippen molar-refractivity contribution in [3.05, 3.63) is 0 Å². The van der Waals surface area contributed by atoms with Gasteiger partial charge in [0.05, 0.1) is 0 Å². The van der Waals surface area contributed by atoms with Gasteiger partial charge in [-0.15, -0.1) is 0 Å². The van der Waals surface area contributed by atoms with Crippen molar-refractivity contribution in [1.29, 1.82) is 0 Å². The first-order valence-electron chi connectivity index (χ1n) is 5.51. The molecule has 0 spiro atoms. The first-order chi connectivity index (χ1) is 5.77. The molecule has 3 atom stereocenters. The van der Waals surface area contributed by atoms with Gasteiger partial charge in [0.15, 0.2) is 0 Å². The lowest BCUT2D eigenvalue weighted by atomic mass is 9.81. The predicted molar refractivity (Wildman–Crippen MR) is 54.3 cm³/mol. The quantitative estimate of drug-likeness (QED) is 0.685. The zero-order valence-electron chi connectivity index (χ0n) is 8.77. The number of piperidine rings is 1. The van der Waals surface area contributed by atoms with Gasteiger partial charge in [-0.1, -0.05) is 27.2 Å². The summed E-state index contributed by atoms with van der Waals surface area (Å²) in [6, 6.07) is 0.803. The van der Waals surface area contributed by atoms with Crippen LogP contribution in [0, 0.1) is 11.8 Å². The van der Waals surface area contributed by atoms with Crippen molar-refractivity contribution in [1.82, 2.24) is 5.32 Å². The molecule has 0 saturated carbocycles. The summed E-state index contributed by atoms with van der Waals surface area (Å²) < 4.78 is 0. The maximum Gasteiger partial charge on any atom is 0.00671 e. The summed E-state index contributed by atoms with van der Waals surface area (Å²) in [7, 11) is 0. The van der Waals surface area contributed by atoms with Crippen LogP contribution in [0.4, 0.5) is 0 Å². The number of hydrogen-bond acceptors (Lipinski definition) is 1. The van der Waals surface area contributed by atoms with Crippen LogP contribution in [0.15, 0.2) is 0 Å². The Kier molecular flexibility index (Phi) is 4.07. The molecular formula is C11H23N. The Morgan fingerprint density at radius 2 is 2.17 bits per heavy atom. The largest absolute Gasteiger partial charge is 0.314 e. The lowest BCUT2D eigenvalue weighted by molar-refractivity contribution is 0.224. The highest BCUT2D eigenvalue weighted by molar-refractivity contribution is 4.79. The summed E-state index contributed by atoms with van der Waals surface area (Å²) in [5.41, 5.74) is 0. The van der Waals surface area contributed by atoms with Gasteiger partial charge < -0.3 is 5.32 Å². The minimum atomic E-state index is 0.803. The summed E-state index contributed by atoms with van der Waals surface area (Å²) in [6.07, 6.45) is 5.45. The maximum atomic E-state index is 3.58. The lowest BCUT2D eigenvalue weighted by Gasteiger charge is -2.33. The fourth-order valence-corrected chi connectivity index (χ4v) is 2.20. The van der Waals surface area contributed by atoms with Crippen LogP contribution in [-0.2, 0) is 0 Å². The molecule has 1 nitrogen and oxygen atoms in total. The Labute approximate surface area is 76.9 Å². The molecule has 1 heteroatoms. The average molecular weight is 169 g/mol. The number of rotatable bonds is 3. The van der Waals surface area contributed by atoms with Crippen molar-refractivity contribution in [2.75, 3.05) is 6.54 Å². The Balaban J connectivity index is 2.34. The van der Waals surface area contributed by atoms with E-state index >= 15 is 0 Å². The second-order valence-corrected chi connectivity index (χ2v) is 4.23. The second kappa shape index (κ2) is 4.86. The van der Waals surface area contributed by atoms with E-state index in [-0.39, 0.29) is 0 Å². The van der Waals surface area contributed by atoms with Gasteiger partial charge in [0.25, 0.3) is 0 Å². The molecule has 1 aliphatic rings. The summed E-state index contributed by atoms with van der Waals surface area (Å²) in [5, 5.41) is 3.58. The van der Waals surface area contributed by atoms with E-state index in [2.05, 4.69) is 26.1 Å². The topological polar surface area (TPSA) is 12.0 Å². The predicted octanol–water partition coefficient (Wildman–Crippen LogP) is 2.81. The molecule has 3 unspecified atom stereocenters. The van der Waals surface area contributed by atoms with E-state index in [1.54, 1.807) is 0 Å². The van der Waals surface area contributed by atoms with E-state index in [0.717, 1.165) is 17.9 Å². The van der Waals surface area contributed by atoms with E-state index in [4.69, 9.17) is 0 Å². The van der Waals surface area contributed by atoms with Crippen molar-refractivity contribution in [2.45, 2.75) is 52.5 Å². The van der Waals surface area contributed by atoms with Gasteiger partial charge in [-0.25, -0.2) is 0 Å². The van der Waals surface area contributed by atoms with E-state index in [0.29, 0.717) is 0 Å². The van der Waals surface area contributed by atoms with Crippen molar-refractivity contribution >= 4 is 0 Å². The van der Waals surface area contributed by atoms with Crippen LogP contribution in [0.25, 0.3) is 0 Å². The molecule has 0 aliphatic carbocycles. The van der Waals surface area contributed by atoms with E-state index < -0.39 is 0 Å². The van der Waals surface area contributed by atoms with Crippen LogP contribution >= 0.6 is 0 Å². The lowest BCUT2D eigenvalue weighted by Crippen LogP contribution is -2.39. The molecule has 0 radical (unpaired) electrons. The van der Waals surface area contributed by atoms with Gasteiger partial charge in [0.1, 0.15) is 0 Å². The Morgan fingerprint density at radius 1 is 1.42 bits per heavy atom. The molecule has 1 rings (SSSR count). The SMILES string of the molecule is CCC1CC(C(C)CC)CCN1. The molecule has 0 aromatic carbocycles. The molecule has 12 heavy (non-hydrogen) atoms. The van der Waals surface area contributed by atoms with Crippen molar-refractivity contribution < 1.29 is 0 Å². The van der Waals surface area contributed by atoms with E-state index in [1.165, 1.54) is 32.2 Å². The zero-order valence-corrected chi connectivity index (χ0v) is 8.77. The summed E-state index contributed by atoms with van der Waals surface area (Å²) in [5.74, 6) is 1.92. The standard InChI is InChI=1S/C11H23N/c1-4-9(3)10-6-7-12-11(5-2)8-10/h9-12H,4-8H2,1-3H3. The van der Waals surface area contributed by atoms with Gasteiger partial charge in [0.2, 0.25) is 0 Å². The van der Waals surface area contributed by atoms with Gasteiger partial charge in [-0.2, -0.15) is 0 Å². The highest BCUT2D eigenvalue weighted by atomic mass is 14.9. The molecule has 0 aromatic heterocycles. The third-order valence-electron chi connectivity index (χ3n) is 3.48. The van der Waals surface area contributed by atoms with Crippen LogP contribution < -0.4 is 5.32 Å². The maximum absolute atomic E-state index is 3.58. The van der Waals surface area contributed by atoms with Crippen LogP contribution in [0.5, 0.6) is 0 Å².